The molecule has 4 rings (SSSR count). The third-order valence-electron chi connectivity index (χ3n) is 4.88. The molecule has 0 saturated carbocycles. The van der Waals surface area contributed by atoms with Crippen LogP contribution in [-0.4, -0.2) is 64.3 Å². The summed E-state index contributed by atoms with van der Waals surface area (Å²) in [5, 5.41) is 7.70. The SMILES string of the molecule is O=C(c1cn(-c2cccc(C(F)(F)F)c2)nn1)N1CCOCC12CCOC2. The smallest absolute Gasteiger partial charge is 0.379 e. The number of rotatable bonds is 2. The zero-order chi connectivity index (χ0) is 19.1. The molecular formula is C17H17F3N4O3. The van der Waals surface area contributed by atoms with Crippen LogP contribution in [0.15, 0.2) is 30.5 Å². The van der Waals surface area contributed by atoms with Crippen molar-refractivity contribution in [3.63, 3.8) is 0 Å². The Kier molecular flexibility index (Phi) is 4.39. The van der Waals surface area contributed by atoms with E-state index in [1.54, 1.807) is 4.90 Å². The fraction of sp³-hybridized carbons (Fsp3) is 0.471. The number of benzene rings is 1. The lowest BCUT2D eigenvalue weighted by Crippen LogP contribution is -2.59. The van der Waals surface area contributed by atoms with Crippen molar-refractivity contribution in [2.75, 3.05) is 33.0 Å². The van der Waals surface area contributed by atoms with Gasteiger partial charge in [-0.05, 0) is 24.6 Å². The second-order valence-corrected chi connectivity index (χ2v) is 6.63. The highest BCUT2D eigenvalue weighted by Gasteiger charge is 2.46. The molecule has 7 nitrogen and oxygen atoms in total. The van der Waals surface area contributed by atoms with Crippen molar-refractivity contribution in [1.29, 1.82) is 0 Å². The molecule has 0 radical (unpaired) electrons. The van der Waals surface area contributed by atoms with Gasteiger partial charge >= 0.3 is 6.18 Å². The topological polar surface area (TPSA) is 69.5 Å². The van der Waals surface area contributed by atoms with E-state index in [-0.39, 0.29) is 17.3 Å². The first-order chi connectivity index (χ1) is 12.9. The van der Waals surface area contributed by atoms with Gasteiger partial charge in [-0.2, -0.15) is 13.2 Å². The average Bonchev–Trinajstić information content (AvgIpc) is 3.31. The molecule has 144 valence electrons. The van der Waals surface area contributed by atoms with Crippen molar-refractivity contribution in [2.45, 2.75) is 18.1 Å². The van der Waals surface area contributed by atoms with Gasteiger partial charge < -0.3 is 14.4 Å². The zero-order valence-corrected chi connectivity index (χ0v) is 14.3. The number of hydrogen-bond donors (Lipinski definition) is 0. The summed E-state index contributed by atoms with van der Waals surface area (Å²) >= 11 is 0. The Bertz CT molecular complexity index is 846. The number of hydrogen-bond acceptors (Lipinski definition) is 5. The van der Waals surface area contributed by atoms with Gasteiger partial charge in [-0.1, -0.05) is 11.3 Å². The standard InChI is InChI=1S/C17H17F3N4O3/c18-17(19,20)12-2-1-3-13(8-12)24-9-14(21-22-24)15(25)23-5-7-27-11-16(23)4-6-26-10-16/h1-3,8-9H,4-7,10-11H2. The van der Waals surface area contributed by atoms with Crippen molar-refractivity contribution in [3.8, 4) is 5.69 Å². The molecule has 0 aliphatic carbocycles. The minimum absolute atomic E-state index is 0.0700. The quantitative estimate of drug-likeness (QED) is 0.794. The second-order valence-electron chi connectivity index (χ2n) is 6.63. The highest BCUT2D eigenvalue weighted by Crippen LogP contribution is 2.31. The van der Waals surface area contributed by atoms with Crippen molar-refractivity contribution in [2.24, 2.45) is 0 Å². The Hall–Kier alpha value is -2.46. The number of ether oxygens (including phenoxy) is 2. The Balaban J connectivity index is 1.60. The number of nitrogens with zero attached hydrogens (tertiary/aromatic N) is 4. The van der Waals surface area contributed by atoms with Crippen LogP contribution in [-0.2, 0) is 15.7 Å². The molecule has 2 aliphatic heterocycles. The summed E-state index contributed by atoms with van der Waals surface area (Å²) in [6.07, 6.45) is -2.45. The van der Waals surface area contributed by atoms with E-state index in [9.17, 15) is 18.0 Å². The molecule has 0 N–H and O–H groups in total. The maximum atomic E-state index is 13.0. The Morgan fingerprint density at radius 3 is 2.70 bits per heavy atom. The van der Waals surface area contributed by atoms with Gasteiger partial charge in [0.05, 0.1) is 42.8 Å². The maximum absolute atomic E-state index is 13.0. The van der Waals surface area contributed by atoms with Crippen molar-refractivity contribution >= 4 is 5.91 Å². The maximum Gasteiger partial charge on any atom is 0.416 e. The van der Waals surface area contributed by atoms with Gasteiger partial charge in [-0.3, -0.25) is 4.79 Å². The van der Waals surface area contributed by atoms with Gasteiger partial charge in [0.15, 0.2) is 5.69 Å². The summed E-state index contributed by atoms with van der Waals surface area (Å²) in [5.74, 6) is -0.331. The molecule has 1 unspecified atom stereocenters. The van der Waals surface area contributed by atoms with Crippen molar-refractivity contribution in [1.82, 2.24) is 19.9 Å². The first kappa shape index (κ1) is 17.9. The fourth-order valence-electron chi connectivity index (χ4n) is 3.42. The lowest BCUT2D eigenvalue weighted by Gasteiger charge is -2.43. The van der Waals surface area contributed by atoms with E-state index in [0.29, 0.717) is 39.4 Å². The fourth-order valence-corrected chi connectivity index (χ4v) is 3.42. The van der Waals surface area contributed by atoms with Gasteiger partial charge in [-0.15, -0.1) is 5.10 Å². The normalized spacial score (nSPS) is 23.1. The van der Waals surface area contributed by atoms with Crippen LogP contribution in [0.4, 0.5) is 13.2 Å². The third-order valence-corrected chi connectivity index (χ3v) is 4.88. The number of amides is 1. The van der Waals surface area contributed by atoms with Gasteiger partial charge in [-0.25, -0.2) is 4.68 Å². The molecule has 2 fully saturated rings. The van der Waals surface area contributed by atoms with Gasteiger partial charge in [0.2, 0.25) is 0 Å². The molecule has 2 saturated heterocycles. The minimum Gasteiger partial charge on any atom is -0.379 e. The third kappa shape index (κ3) is 3.30. The van der Waals surface area contributed by atoms with Crippen LogP contribution in [0.3, 0.4) is 0 Å². The first-order valence-electron chi connectivity index (χ1n) is 8.47. The van der Waals surface area contributed by atoms with E-state index in [1.165, 1.54) is 23.0 Å². The number of morpholine rings is 1. The van der Waals surface area contributed by atoms with Crippen LogP contribution in [0.2, 0.25) is 0 Å². The highest BCUT2D eigenvalue weighted by atomic mass is 19.4. The molecule has 2 aromatic rings. The Morgan fingerprint density at radius 2 is 1.96 bits per heavy atom. The van der Waals surface area contributed by atoms with E-state index >= 15 is 0 Å². The van der Waals surface area contributed by atoms with Gasteiger partial charge in [0.25, 0.3) is 5.91 Å². The van der Waals surface area contributed by atoms with E-state index in [0.717, 1.165) is 12.1 Å². The molecule has 1 amide bonds. The molecule has 2 aliphatic rings. The molecule has 10 heteroatoms. The van der Waals surface area contributed by atoms with Gasteiger partial charge in [0.1, 0.15) is 0 Å². The van der Waals surface area contributed by atoms with Crippen LogP contribution in [0.5, 0.6) is 0 Å². The predicted molar refractivity (Wildman–Crippen MR) is 86.4 cm³/mol. The number of carbonyl (C=O) groups excluding carboxylic acids is 1. The molecule has 27 heavy (non-hydrogen) atoms. The van der Waals surface area contributed by atoms with Gasteiger partial charge in [0, 0.05) is 13.2 Å². The molecule has 1 atom stereocenters. The van der Waals surface area contributed by atoms with Crippen LogP contribution >= 0.6 is 0 Å². The lowest BCUT2D eigenvalue weighted by molar-refractivity contribution is -0.137. The minimum atomic E-state index is -4.46. The molecule has 1 aromatic heterocycles. The number of halogens is 3. The molecule has 1 spiro atoms. The molecule has 0 bridgehead atoms. The van der Waals surface area contributed by atoms with E-state index in [2.05, 4.69) is 10.3 Å². The molecule has 3 heterocycles. The van der Waals surface area contributed by atoms with Crippen LogP contribution in [0.1, 0.15) is 22.5 Å². The van der Waals surface area contributed by atoms with E-state index in [1.807, 2.05) is 0 Å². The second kappa shape index (κ2) is 6.61. The Morgan fingerprint density at radius 1 is 1.19 bits per heavy atom. The molecule has 1 aromatic carbocycles. The summed E-state index contributed by atoms with van der Waals surface area (Å²) in [6.45, 7) is 2.14. The lowest BCUT2D eigenvalue weighted by atomic mass is 9.95. The largest absolute Gasteiger partial charge is 0.416 e. The zero-order valence-electron chi connectivity index (χ0n) is 14.3. The number of alkyl halides is 3. The van der Waals surface area contributed by atoms with Crippen molar-refractivity contribution in [3.05, 3.63) is 41.7 Å². The highest BCUT2D eigenvalue weighted by molar-refractivity contribution is 5.92. The number of aromatic nitrogens is 3. The first-order valence-corrected chi connectivity index (χ1v) is 8.47. The van der Waals surface area contributed by atoms with Crippen LogP contribution in [0.25, 0.3) is 5.69 Å². The number of carbonyl (C=O) groups is 1. The molecular weight excluding hydrogens is 365 g/mol. The monoisotopic (exact) mass is 382 g/mol. The van der Waals surface area contributed by atoms with Crippen molar-refractivity contribution < 1.29 is 27.4 Å². The summed E-state index contributed by atoms with van der Waals surface area (Å²) in [5.41, 5.74) is -1.06. The van der Waals surface area contributed by atoms with E-state index in [4.69, 9.17) is 9.47 Å². The van der Waals surface area contributed by atoms with Crippen LogP contribution in [0, 0.1) is 0 Å². The Labute approximate surface area is 152 Å². The summed E-state index contributed by atoms with van der Waals surface area (Å²) in [6, 6.07) is 4.70. The predicted octanol–water partition coefficient (Wildman–Crippen LogP) is 1.92. The van der Waals surface area contributed by atoms with E-state index < -0.39 is 17.3 Å². The van der Waals surface area contributed by atoms with Crippen LogP contribution < -0.4 is 0 Å². The summed E-state index contributed by atoms with van der Waals surface area (Å²) in [4.78, 5) is 14.6. The summed E-state index contributed by atoms with van der Waals surface area (Å²) in [7, 11) is 0. The summed E-state index contributed by atoms with van der Waals surface area (Å²) < 4.78 is 50.8. The average molecular weight is 382 g/mol.